The number of esters is 3. The molecular weight excluding hydrogens is 857 g/mol. The smallest absolute Gasteiger partial charge is 0.329 e. The maximum Gasteiger partial charge on any atom is 0.329 e. The fraction of sp³-hybridized carbons (Fsp3) is 0.654. The van der Waals surface area contributed by atoms with E-state index >= 15 is 0 Å². The summed E-state index contributed by atoms with van der Waals surface area (Å²) in [6.07, 6.45) is -5.22. The number of amides is 3. The zero-order valence-electron chi connectivity index (χ0n) is 42.5. The highest BCUT2D eigenvalue weighted by molar-refractivity contribution is 5.92. The molecule has 1 fully saturated rings. The van der Waals surface area contributed by atoms with Crippen LogP contribution in [0.2, 0.25) is 0 Å². The van der Waals surface area contributed by atoms with Crippen LogP contribution < -0.4 is 0 Å². The van der Waals surface area contributed by atoms with Crippen molar-refractivity contribution in [3.63, 3.8) is 0 Å². The Morgan fingerprint density at radius 2 is 0.896 bits per heavy atom. The second-order valence-corrected chi connectivity index (χ2v) is 20.1. The van der Waals surface area contributed by atoms with Gasteiger partial charge in [-0.1, -0.05) is 116 Å². The lowest BCUT2D eigenvalue weighted by molar-refractivity contribution is -0.187. The number of nitrogens with zero attached hydrogens (tertiary/aromatic N) is 4. The molecule has 374 valence electrons. The first-order valence-corrected chi connectivity index (χ1v) is 23.9. The summed E-state index contributed by atoms with van der Waals surface area (Å²) in [5.74, 6) is -4.41. The lowest BCUT2D eigenvalue weighted by Gasteiger charge is -2.37. The standard InChI is InChI=1S/C52H80N4O11/c1-32(2)25-40-49(60)66-44(29-38-21-17-15-18-22-38)47(58)56(14)42(27-34(5)6)51(62)65-37(10)46(57)54(12)43(28-35(7)8)52(63)67-45(30-39-23-19-16-20-24-39)48(59)55(13)41(26-33(3)4)50(61)64-36(9)31-53(40)11/h15-24,32-37,40-45,50,61H,25-31H2,1-14H3/t36?,37-,40+,41+,42+,43+,44-,45-,50?/m1/s1. The number of rotatable bonds is 12. The van der Waals surface area contributed by atoms with Crippen LogP contribution in [0.25, 0.3) is 0 Å². The van der Waals surface area contributed by atoms with Crippen LogP contribution in [0, 0.1) is 23.7 Å². The van der Waals surface area contributed by atoms with E-state index in [-0.39, 0.29) is 55.9 Å². The van der Waals surface area contributed by atoms with Crippen molar-refractivity contribution in [1.82, 2.24) is 19.6 Å². The van der Waals surface area contributed by atoms with Crippen molar-refractivity contribution in [2.75, 3.05) is 34.7 Å². The molecular formula is C52H80N4O11. The quantitative estimate of drug-likeness (QED) is 0.197. The molecule has 2 aromatic carbocycles. The molecule has 1 N–H and O–H groups in total. The highest BCUT2D eigenvalue weighted by atomic mass is 16.6. The number of carbonyl (C=O) groups is 6. The van der Waals surface area contributed by atoms with Gasteiger partial charge >= 0.3 is 17.9 Å². The topological polar surface area (TPSA) is 173 Å². The Morgan fingerprint density at radius 1 is 0.522 bits per heavy atom. The van der Waals surface area contributed by atoms with E-state index in [0.717, 1.165) is 11.1 Å². The predicted octanol–water partition coefficient (Wildman–Crippen LogP) is 5.93. The molecule has 0 spiro atoms. The SMILES string of the molecule is CC(C)C[C@H]1C(=O)O[C@H](Cc2ccccc2)C(=O)N(C)[C@@H](CC(C)C)C(=O)O[C@H](C)C(=O)N(C)[C@@H](CC(C)C)C(=O)O[C@H](Cc2ccccc2)C(=O)N(C)[C@@H](CC(C)C)C(O)OC(C)CN1C. The minimum atomic E-state index is -1.49. The lowest BCUT2D eigenvalue weighted by atomic mass is 9.99. The fourth-order valence-electron chi connectivity index (χ4n) is 8.44. The van der Waals surface area contributed by atoms with Crippen LogP contribution in [-0.4, -0.2) is 150 Å². The number of likely N-dealkylation sites (N-methyl/N-ethyl adjacent to an activating group) is 4. The molecule has 0 radical (unpaired) electrons. The van der Waals surface area contributed by atoms with Gasteiger partial charge in [0.1, 0.15) is 18.1 Å². The molecule has 0 aromatic heterocycles. The molecule has 3 rings (SSSR count). The van der Waals surface area contributed by atoms with Crippen LogP contribution in [0.1, 0.15) is 106 Å². The van der Waals surface area contributed by atoms with E-state index in [0.29, 0.717) is 12.8 Å². The number of aliphatic hydroxyl groups is 1. The Morgan fingerprint density at radius 3 is 1.33 bits per heavy atom. The van der Waals surface area contributed by atoms with Crippen molar-refractivity contribution in [2.24, 2.45) is 23.7 Å². The molecule has 0 aliphatic carbocycles. The summed E-state index contributed by atoms with van der Waals surface area (Å²) in [4.78, 5) is 92.1. The van der Waals surface area contributed by atoms with Crippen molar-refractivity contribution in [2.45, 2.75) is 163 Å². The van der Waals surface area contributed by atoms with Gasteiger partial charge in [0, 0.05) is 40.5 Å². The van der Waals surface area contributed by atoms with Crippen LogP contribution in [0.15, 0.2) is 60.7 Å². The van der Waals surface area contributed by atoms with Gasteiger partial charge < -0.3 is 38.8 Å². The third kappa shape index (κ3) is 17.3. The number of benzene rings is 2. The van der Waals surface area contributed by atoms with E-state index in [1.807, 2.05) is 116 Å². The first-order chi connectivity index (χ1) is 31.4. The molecule has 67 heavy (non-hydrogen) atoms. The Hall–Kier alpha value is -4.86. The number of ether oxygens (including phenoxy) is 4. The van der Waals surface area contributed by atoms with E-state index < -0.39 is 90.5 Å². The Balaban J connectivity index is 2.21. The minimum Gasteiger partial charge on any atom is -0.451 e. The normalized spacial score (nSPS) is 26.9. The van der Waals surface area contributed by atoms with Crippen LogP contribution in [0.5, 0.6) is 0 Å². The Kier molecular flexibility index (Phi) is 22.4. The number of cyclic esters (lactones) is 3. The van der Waals surface area contributed by atoms with Gasteiger partial charge in [-0.25, -0.2) is 9.59 Å². The maximum absolute atomic E-state index is 14.7. The van der Waals surface area contributed by atoms with E-state index in [1.54, 1.807) is 18.9 Å². The predicted molar refractivity (Wildman–Crippen MR) is 256 cm³/mol. The molecule has 1 aliphatic rings. The summed E-state index contributed by atoms with van der Waals surface area (Å²) in [6, 6.07) is 14.1. The van der Waals surface area contributed by atoms with Crippen LogP contribution >= 0.6 is 0 Å². The zero-order valence-corrected chi connectivity index (χ0v) is 42.5. The average Bonchev–Trinajstić information content (AvgIpc) is 3.26. The molecule has 15 nitrogen and oxygen atoms in total. The van der Waals surface area contributed by atoms with Crippen molar-refractivity contribution >= 4 is 35.6 Å². The van der Waals surface area contributed by atoms with Gasteiger partial charge in [-0.2, -0.15) is 0 Å². The van der Waals surface area contributed by atoms with Crippen LogP contribution in [0.4, 0.5) is 0 Å². The van der Waals surface area contributed by atoms with Crippen molar-refractivity contribution < 1.29 is 52.8 Å². The largest absolute Gasteiger partial charge is 0.451 e. The second-order valence-electron chi connectivity index (χ2n) is 20.1. The zero-order chi connectivity index (χ0) is 50.3. The van der Waals surface area contributed by atoms with E-state index in [4.69, 9.17) is 18.9 Å². The summed E-state index contributed by atoms with van der Waals surface area (Å²) in [5.41, 5.74) is 1.44. The average molecular weight is 937 g/mol. The summed E-state index contributed by atoms with van der Waals surface area (Å²) >= 11 is 0. The van der Waals surface area contributed by atoms with Crippen molar-refractivity contribution in [3.05, 3.63) is 71.8 Å². The third-order valence-corrected chi connectivity index (χ3v) is 12.1. The van der Waals surface area contributed by atoms with Gasteiger partial charge in [0.05, 0.1) is 12.1 Å². The number of hydrogen-bond acceptors (Lipinski definition) is 12. The van der Waals surface area contributed by atoms with Crippen molar-refractivity contribution in [3.8, 4) is 0 Å². The summed E-state index contributed by atoms with van der Waals surface area (Å²) in [6.45, 7) is 18.7. The van der Waals surface area contributed by atoms with Crippen LogP contribution in [0.3, 0.4) is 0 Å². The van der Waals surface area contributed by atoms with Gasteiger partial charge in [0.25, 0.3) is 17.7 Å². The highest BCUT2D eigenvalue weighted by Gasteiger charge is 2.41. The molecule has 2 unspecified atom stereocenters. The number of carbonyl (C=O) groups excluding carboxylic acids is 6. The van der Waals surface area contributed by atoms with Gasteiger partial charge in [-0.15, -0.1) is 0 Å². The third-order valence-electron chi connectivity index (χ3n) is 12.1. The lowest BCUT2D eigenvalue weighted by Crippen LogP contribution is -2.54. The van der Waals surface area contributed by atoms with Gasteiger partial charge in [0.15, 0.2) is 24.6 Å². The first-order valence-electron chi connectivity index (χ1n) is 23.9. The molecule has 2 aromatic rings. The molecule has 0 bridgehead atoms. The molecule has 0 saturated carbocycles. The Labute approximate surface area is 399 Å². The summed E-state index contributed by atoms with van der Waals surface area (Å²) < 4.78 is 24.4. The fourth-order valence-corrected chi connectivity index (χ4v) is 8.44. The number of hydrogen-bond donors (Lipinski definition) is 1. The molecule has 3 amide bonds. The molecule has 15 heteroatoms. The van der Waals surface area contributed by atoms with Gasteiger partial charge in [-0.3, -0.25) is 24.1 Å². The monoisotopic (exact) mass is 937 g/mol. The summed E-state index contributed by atoms with van der Waals surface area (Å²) in [5, 5.41) is 11.8. The molecule has 9 atom stereocenters. The Bertz CT molecular complexity index is 1890. The van der Waals surface area contributed by atoms with E-state index in [2.05, 4.69) is 0 Å². The first kappa shape index (κ1) is 56.5. The molecule has 1 aliphatic heterocycles. The molecule has 1 heterocycles. The van der Waals surface area contributed by atoms with E-state index in [9.17, 15) is 33.9 Å². The maximum atomic E-state index is 14.7. The summed E-state index contributed by atoms with van der Waals surface area (Å²) in [7, 11) is 6.17. The van der Waals surface area contributed by atoms with Gasteiger partial charge in [-0.05, 0) is 81.4 Å². The highest BCUT2D eigenvalue weighted by Crippen LogP contribution is 2.24. The van der Waals surface area contributed by atoms with Crippen molar-refractivity contribution in [1.29, 1.82) is 0 Å². The van der Waals surface area contributed by atoms with E-state index in [1.165, 1.54) is 42.8 Å². The van der Waals surface area contributed by atoms with Crippen LogP contribution in [-0.2, 0) is 60.6 Å². The number of aliphatic hydroxyl groups excluding tert-OH is 1. The molecule has 1 saturated heterocycles. The second kappa shape index (κ2) is 26.6. The minimum absolute atomic E-state index is 0.000973. The van der Waals surface area contributed by atoms with Gasteiger partial charge in [0.2, 0.25) is 0 Å².